The van der Waals surface area contributed by atoms with E-state index in [1.807, 2.05) is 25.2 Å². The third-order valence-corrected chi connectivity index (χ3v) is 6.19. The van der Waals surface area contributed by atoms with Crippen molar-refractivity contribution >= 4 is 0 Å². The first kappa shape index (κ1) is 19.3. The summed E-state index contributed by atoms with van der Waals surface area (Å²) < 4.78 is 34.2. The number of aliphatic hydroxyl groups is 1. The van der Waals surface area contributed by atoms with Crippen LogP contribution in [-0.4, -0.2) is 51.7 Å². The molecule has 3 atom stereocenters. The first-order valence-electron chi connectivity index (χ1n) is 9.86. The van der Waals surface area contributed by atoms with Crippen LogP contribution in [0.25, 0.3) is 0 Å². The molecule has 8 nitrogen and oxygen atoms in total. The minimum absolute atomic E-state index is 0.174. The number of benzene rings is 2. The van der Waals surface area contributed by atoms with E-state index in [-0.39, 0.29) is 12.8 Å². The van der Waals surface area contributed by atoms with Crippen LogP contribution in [-0.2, 0) is 11.2 Å². The van der Waals surface area contributed by atoms with Crippen LogP contribution in [0, 0.1) is 0 Å². The molecule has 1 N–H and O–H groups in total. The molecular weight excluding hydrogens is 390 g/mol. The summed E-state index contributed by atoms with van der Waals surface area (Å²) in [6.07, 6.45) is -0.689. The van der Waals surface area contributed by atoms with E-state index in [0.717, 1.165) is 29.7 Å². The summed E-state index contributed by atoms with van der Waals surface area (Å²) in [7, 11) is 6.81. The first-order chi connectivity index (χ1) is 14.6. The Labute approximate surface area is 174 Å². The van der Waals surface area contributed by atoms with Crippen molar-refractivity contribution in [1.82, 2.24) is 4.90 Å². The van der Waals surface area contributed by atoms with E-state index in [1.165, 1.54) is 0 Å². The lowest BCUT2D eigenvalue weighted by Gasteiger charge is -2.39. The SMILES string of the molecule is COc1ccc2c(c1OC)C(O)OC2C1c2c(cc3c(c2OC)OCO3)CCN1C. The molecule has 160 valence electrons. The smallest absolute Gasteiger partial charge is 0.231 e. The van der Waals surface area contributed by atoms with Gasteiger partial charge in [0.25, 0.3) is 0 Å². The zero-order valence-corrected chi connectivity index (χ0v) is 17.4. The largest absolute Gasteiger partial charge is 0.493 e. The minimum Gasteiger partial charge on any atom is -0.493 e. The molecule has 3 aliphatic heterocycles. The van der Waals surface area contributed by atoms with Crippen LogP contribution in [0.15, 0.2) is 18.2 Å². The highest BCUT2D eigenvalue weighted by atomic mass is 16.7. The van der Waals surface area contributed by atoms with E-state index in [9.17, 15) is 5.11 Å². The number of fused-ring (bicyclic) bond motifs is 3. The number of aliphatic hydroxyl groups excluding tert-OH is 1. The maximum absolute atomic E-state index is 10.8. The number of nitrogens with zero attached hydrogens (tertiary/aromatic N) is 1. The van der Waals surface area contributed by atoms with Crippen molar-refractivity contribution in [2.24, 2.45) is 0 Å². The normalized spacial score (nSPS) is 24.4. The summed E-state index contributed by atoms with van der Waals surface area (Å²) in [6, 6.07) is 5.61. The van der Waals surface area contributed by atoms with Gasteiger partial charge in [-0.05, 0) is 36.7 Å². The lowest BCUT2D eigenvalue weighted by molar-refractivity contribution is -0.142. The second-order valence-corrected chi connectivity index (χ2v) is 7.60. The summed E-state index contributed by atoms with van der Waals surface area (Å²) >= 11 is 0. The highest BCUT2D eigenvalue weighted by molar-refractivity contribution is 5.63. The molecule has 0 saturated heterocycles. The molecule has 3 unspecified atom stereocenters. The van der Waals surface area contributed by atoms with Gasteiger partial charge in [0, 0.05) is 12.1 Å². The van der Waals surface area contributed by atoms with Gasteiger partial charge < -0.3 is 33.5 Å². The van der Waals surface area contributed by atoms with E-state index < -0.39 is 12.4 Å². The molecule has 0 aromatic heterocycles. The van der Waals surface area contributed by atoms with Gasteiger partial charge in [0.15, 0.2) is 29.3 Å². The van der Waals surface area contributed by atoms with Gasteiger partial charge in [-0.3, -0.25) is 4.90 Å². The molecule has 0 radical (unpaired) electrons. The minimum atomic E-state index is -1.12. The van der Waals surface area contributed by atoms with E-state index >= 15 is 0 Å². The summed E-state index contributed by atoms with van der Waals surface area (Å²) in [4.78, 5) is 2.22. The molecule has 8 heteroatoms. The maximum atomic E-state index is 10.8. The van der Waals surface area contributed by atoms with Crippen LogP contribution in [0.5, 0.6) is 28.7 Å². The zero-order chi connectivity index (χ0) is 21.0. The van der Waals surface area contributed by atoms with Gasteiger partial charge >= 0.3 is 0 Å². The number of methoxy groups -OCH3 is 3. The van der Waals surface area contributed by atoms with Crippen LogP contribution in [0.2, 0.25) is 0 Å². The Bertz CT molecular complexity index is 992. The molecule has 0 amide bonds. The Morgan fingerprint density at radius 1 is 1.03 bits per heavy atom. The summed E-state index contributed by atoms with van der Waals surface area (Å²) in [5.74, 6) is 3.01. The molecule has 0 bridgehead atoms. The Kier molecular flexibility index (Phi) is 4.65. The molecule has 0 fully saturated rings. The standard InChI is InChI=1S/C22H25NO7/c1-23-8-7-11-9-14-20(29-10-28-14)21(27-4)15(11)17(23)18-12-5-6-13(25-2)19(26-3)16(12)22(24)30-18/h5-6,9,17-18,22,24H,7-8,10H2,1-4H3. The molecule has 3 aliphatic rings. The summed E-state index contributed by atoms with van der Waals surface area (Å²) in [6.45, 7) is 1.01. The molecule has 2 aromatic rings. The fourth-order valence-electron chi connectivity index (χ4n) is 4.84. The highest BCUT2D eigenvalue weighted by Crippen LogP contribution is 2.57. The van der Waals surface area contributed by atoms with Gasteiger partial charge in [-0.1, -0.05) is 6.07 Å². The Morgan fingerprint density at radius 2 is 1.83 bits per heavy atom. The van der Waals surface area contributed by atoms with Crippen molar-refractivity contribution < 1.29 is 33.5 Å². The van der Waals surface area contributed by atoms with Crippen molar-refractivity contribution in [2.45, 2.75) is 24.9 Å². The molecule has 2 aromatic carbocycles. The lowest BCUT2D eigenvalue weighted by Crippen LogP contribution is -2.36. The van der Waals surface area contributed by atoms with Gasteiger partial charge in [-0.25, -0.2) is 0 Å². The Morgan fingerprint density at radius 3 is 2.57 bits per heavy atom. The molecular formula is C22H25NO7. The third-order valence-electron chi connectivity index (χ3n) is 6.19. The van der Waals surface area contributed by atoms with E-state index in [0.29, 0.717) is 34.3 Å². The number of ether oxygens (including phenoxy) is 6. The second kappa shape index (κ2) is 7.23. The first-order valence-corrected chi connectivity index (χ1v) is 9.86. The number of likely N-dealkylation sites (N-methyl/N-ethyl adjacent to an activating group) is 1. The van der Waals surface area contributed by atoms with Gasteiger partial charge in [0.1, 0.15) is 6.10 Å². The third kappa shape index (κ3) is 2.64. The van der Waals surface area contributed by atoms with Crippen LogP contribution >= 0.6 is 0 Å². The van der Waals surface area contributed by atoms with Crippen molar-refractivity contribution in [1.29, 1.82) is 0 Å². The average molecular weight is 415 g/mol. The average Bonchev–Trinajstić information content (AvgIpc) is 3.35. The van der Waals surface area contributed by atoms with Crippen LogP contribution in [0.3, 0.4) is 0 Å². The lowest BCUT2D eigenvalue weighted by atomic mass is 9.85. The van der Waals surface area contributed by atoms with E-state index in [1.54, 1.807) is 21.3 Å². The Hall–Kier alpha value is -2.68. The predicted octanol–water partition coefficient (Wildman–Crippen LogP) is 2.73. The molecule has 0 saturated carbocycles. The van der Waals surface area contributed by atoms with E-state index in [4.69, 9.17) is 28.4 Å². The topological polar surface area (TPSA) is 78.9 Å². The fraction of sp³-hybridized carbons (Fsp3) is 0.455. The summed E-state index contributed by atoms with van der Waals surface area (Å²) in [5, 5.41) is 10.8. The van der Waals surface area contributed by atoms with Crippen LogP contribution < -0.4 is 23.7 Å². The molecule has 0 aliphatic carbocycles. The van der Waals surface area contributed by atoms with Gasteiger partial charge in [0.05, 0.1) is 32.9 Å². The van der Waals surface area contributed by atoms with E-state index in [2.05, 4.69) is 4.90 Å². The number of rotatable bonds is 4. The van der Waals surface area contributed by atoms with Crippen molar-refractivity contribution in [2.75, 3.05) is 41.7 Å². The molecule has 3 heterocycles. The summed E-state index contributed by atoms with van der Waals surface area (Å²) in [5.41, 5.74) is 3.59. The molecule has 5 rings (SSSR count). The van der Waals surface area contributed by atoms with Crippen LogP contribution in [0.1, 0.15) is 40.7 Å². The zero-order valence-electron chi connectivity index (χ0n) is 17.4. The quantitative estimate of drug-likeness (QED) is 0.817. The molecule has 30 heavy (non-hydrogen) atoms. The maximum Gasteiger partial charge on any atom is 0.231 e. The monoisotopic (exact) mass is 415 g/mol. The van der Waals surface area contributed by atoms with Crippen LogP contribution in [0.4, 0.5) is 0 Å². The fourth-order valence-corrected chi connectivity index (χ4v) is 4.84. The molecule has 0 spiro atoms. The number of hydrogen-bond donors (Lipinski definition) is 1. The predicted molar refractivity (Wildman–Crippen MR) is 107 cm³/mol. The van der Waals surface area contributed by atoms with Gasteiger partial charge in [-0.15, -0.1) is 0 Å². The second-order valence-electron chi connectivity index (χ2n) is 7.60. The Balaban J connectivity index is 1.68. The van der Waals surface area contributed by atoms with Gasteiger partial charge in [0.2, 0.25) is 12.5 Å². The highest BCUT2D eigenvalue weighted by Gasteiger charge is 2.45. The van der Waals surface area contributed by atoms with Crippen molar-refractivity contribution in [3.8, 4) is 28.7 Å². The van der Waals surface area contributed by atoms with Crippen molar-refractivity contribution in [3.63, 3.8) is 0 Å². The van der Waals surface area contributed by atoms with Gasteiger partial charge in [-0.2, -0.15) is 0 Å². The number of hydrogen-bond acceptors (Lipinski definition) is 8. The van der Waals surface area contributed by atoms with Crippen molar-refractivity contribution in [3.05, 3.63) is 40.5 Å².